The number of aliphatic imine (C=N–C) groups is 1. The molecule has 0 aliphatic carbocycles. The second-order valence-electron chi connectivity index (χ2n) is 1.65. The van der Waals surface area contributed by atoms with Crippen LogP contribution in [-0.2, 0) is 14.6 Å². The lowest BCUT2D eigenvalue weighted by Crippen LogP contribution is -2.80. The van der Waals surface area contributed by atoms with Gasteiger partial charge in [-0.25, -0.2) is 13.4 Å². The second kappa shape index (κ2) is 5.19. The Morgan fingerprint density at radius 3 is 2.36 bits per heavy atom. The summed E-state index contributed by atoms with van der Waals surface area (Å²) in [4.78, 5) is 3.90. The zero-order valence-corrected chi connectivity index (χ0v) is 6.87. The van der Waals surface area contributed by atoms with E-state index in [2.05, 4.69) is 14.5 Å². The van der Waals surface area contributed by atoms with Gasteiger partial charge in [-0.2, -0.15) is 0 Å². The predicted molar refractivity (Wildman–Crippen MR) is 36.9 cm³/mol. The van der Waals surface area contributed by atoms with Gasteiger partial charge in [0, 0.05) is 0 Å². The van der Waals surface area contributed by atoms with Crippen molar-refractivity contribution in [2.24, 2.45) is 4.99 Å². The zero-order chi connectivity index (χ0) is 8.74. The number of hydrogen-bond donors (Lipinski definition) is 1. The van der Waals surface area contributed by atoms with Crippen LogP contribution < -0.4 is 5.32 Å². The van der Waals surface area contributed by atoms with Gasteiger partial charge in [-0.15, -0.1) is 0 Å². The lowest BCUT2D eigenvalue weighted by Gasteiger charge is -1.98. The van der Waals surface area contributed by atoms with Crippen molar-refractivity contribution in [3.63, 3.8) is 0 Å². The molecule has 1 rings (SSSR count). The average Bonchev–Trinajstić information content (AvgIpc) is 2.41. The number of quaternary nitrogens is 1. The molecule has 0 atom stereocenters. The third-order valence-electron chi connectivity index (χ3n) is 0.840. The Labute approximate surface area is 65.2 Å². The second-order valence-corrected chi connectivity index (χ2v) is 2.80. The first kappa shape index (κ1) is 10.5. The maximum atomic E-state index is 9.22. The van der Waals surface area contributed by atoms with Gasteiger partial charge in [-0.3, -0.25) is 4.18 Å². The summed E-state index contributed by atoms with van der Waals surface area (Å²) in [7, 11) is -3.60. The van der Waals surface area contributed by atoms with E-state index in [1.54, 1.807) is 0 Å². The minimum absolute atomic E-state index is 0.808. The van der Waals surface area contributed by atoms with Crippen LogP contribution in [0.3, 0.4) is 0 Å². The minimum Gasteiger partial charge on any atom is -0.726 e. The molecule has 7 heteroatoms. The normalized spacial score (nSPS) is 15.8. The van der Waals surface area contributed by atoms with Crippen LogP contribution in [0.15, 0.2) is 4.99 Å². The first-order valence-corrected chi connectivity index (χ1v) is 4.22. The monoisotopic (exact) mass is 182 g/mol. The molecule has 0 saturated carbocycles. The molecule has 0 saturated heterocycles. The largest absolute Gasteiger partial charge is 0.726 e. The molecule has 0 amide bonds. The molecule has 0 bridgehead atoms. The van der Waals surface area contributed by atoms with Crippen molar-refractivity contribution in [3.05, 3.63) is 0 Å². The van der Waals surface area contributed by atoms with Gasteiger partial charge < -0.3 is 9.87 Å². The Bertz CT molecular complexity index is 204. The van der Waals surface area contributed by atoms with E-state index in [4.69, 9.17) is 0 Å². The summed E-state index contributed by atoms with van der Waals surface area (Å²) >= 11 is 0. The molecule has 2 N–H and O–H groups in total. The molecule has 6 nitrogen and oxygen atoms in total. The number of nitrogens with zero attached hydrogens (tertiary/aromatic N) is 1. The fraction of sp³-hybridized carbons (Fsp3) is 0.750. The van der Waals surface area contributed by atoms with Crippen molar-refractivity contribution in [1.29, 1.82) is 0 Å². The van der Waals surface area contributed by atoms with Gasteiger partial charge in [0.15, 0.2) is 6.34 Å². The summed E-state index contributed by atoms with van der Waals surface area (Å²) in [6.45, 7) is 2.17. The molecule has 0 fully saturated rings. The van der Waals surface area contributed by atoms with Gasteiger partial charge in [0.2, 0.25) is 10.4 Å². The Morgan fingerprint density at radius 1 is 1.73 bits per heavy atom. The van der Waals surface area contributed by atoms with Crippen LogP contribution in [-0.4, -0.2) is 39.5 Å². The van der Waals surface area contributed by atoms with Crippen molar-refractivity contribution in [1.82, 2.24) is 0 Å². The molecule has 1 heterocycles. The Morgan fingerprint density at radius 2 is 2.27 bits per heavy atom. The van der Waals surface area contributed by atoms with Crippen molar-refractivity contribution < 1.29 is 22.5 Å². The standard InChI is InChI=1S/C3H6N2.CH4O4S/c1-2-5-3-4-1;1-5-6(2,3)4/h3H,1-2H2,(H,4,5);1H3,(H,2,3,4). The Hall–Kier alpha value is -0.500. The summed E-state index contributed by atoms with van der Waals surface area (Å²) < 4.78 is 31.0. The van der Waals surface area contributed by atoms with Crippen molar-refractivity contribution in [3.8, 4) is 0 Å². The molecule has 0 unspecified atom stereocenters. The van der Waals surface area contributed by atoms with Gasteiger partial charge in [-0.05, 0) is 0 Å². The number of hydrogen-bond acceptors (Lipinski definition) is 5. The SMILES string of the molecule is C1=NCC[NH2+]1.COS(=O)(=O)[O-]. The lowest BCUT2D eigenvalue weighted by molar-refractivity contribution is -0.518. The van der Waals surface area contributed by atoms with Crippen molar-refractivity contribution >= 4 is 16.7 Å². The lowest BCUT2D eigenvalue weighted by atomic mass is 10.7. The van der Waals surface area contributed by atoms with Crippen LogP contribution in [0.25, 0.3) is 0 Å². The smallest absolute Gasteiger partial charge is 0.217 e. The highest BCUT2D eigenvalue weighted by molar-refractivity contribution is 7.80. The van der Waals surface area contributed by atoms with E-state index in [9.17, 15) is 13.0 Å². The fourth-order valence-electron chi connectivity index (χ4n) is 0.373. The molecule has 0 spiro atoms. The van der Waals surface area contributed by atoms with E-state index in [0.29, 0.717) is 0 Å². The highest BCUT2D eigenvalue weighted by Crippen LogP contribution is 1.74. The van der Waals surface area contributed by atoms with E-state index < -0.39 is 10.4 Å². The van der Waals surface area contributed by atoms with Crippen LogP contribution in [0.2, 0.25) is 0 Å². The van der Waals surface area contributed by atoms with E-state index in [-0.39, 0.29) is 0 Å². The molecule has 0 radical (unpaired) electrons. The van der Waals surface area contributed by atoms with Gasteiger partial charge in [0.25, 0.3) is 0 Å². The molecular weight excluding hydrogens is 172 g/mol. The summed E-state index contributed by atoms with van der Waals surface area (Å²) in [6, 6.07) is 0. The van der Waals surface area contributed by atoms with Gasteiger partial charge in [0.1, 0.15) is 6.54 Å². The summed E-state index contributed by atoms with van der Waals surface area (Å²) in [5.41, 5.74) is 0. The topological polar surface area (TPSA) is 95.4 Å². The highest BCUT2D eigenvalue weighted by atomic mass is 32.3. The molecule has 11 heavy (non-hydrogen) atoms. The van der Waals surface area contributed by atoms with Crippen LogP contribution in [0, 0.1) is 0 Å². The Kier molecular flexibility index (Phi) is 4.95. The van der Waals surface area contributed by atoms with Gasteiger partial charge in [0.05, 0.1) is 13.7 Å². The quantitative estimate of drug-likeness (QED) is 0.364. The van der Waals surface area contributed by atoms with E-state index in [0.717, 1.165) is 20.2 Å². The number of nitrogens with two attached hydrogens (primary N) is 1. The molecule has 1 aliphatic rings. The van der Waals surface area contributed by atoms with Crippen molar-refractivity contribution in [2.45, 2.75) is 0 Å². The van der Waals surface area contributed by atoms with Crippen LogP contribution >= 0.6 is 0 Å². The zero-order valence-electron chi connectivity index (χ0n) is 6.06. The van der Waals surface area contributed by atoms with Crippen LogP contribution in [0.5, 0.6) is 0 Å². The van der Waals surface area contributed by atoms with Gasteiger partial charge in [-0.1, -0.05) is 0 Å². The third-order valence-corrected chi connectivity index (χ3v) is 1.25. The molecule has 0 aromatic carbocycles. The molecular formula is C4H10N2O4S. The first-order valence-electron chi connectivity index (χ1n) is 2.89. The maximum Gasteiger partial charge on any atom is 0.217 e. The van der Waals surface area contributed by atoms with E-state index in [1.165, 1.54) is 0 Å². The summed E-state index contributed by atoms with van der Waals surface area (Å²) in [5.74, 6) is 0. The fourth-order valence-corrected chi connectivity index (χ4v) is 0.373. The Balaban J connectivity index is 0.000000183. The minimum atomic E-state index is -4.41. The highest BCUT2D eigenvalue weighted by Gasteiger charge is 1.88. The molecule has 0 aromatic heterocycles. The maximum absolute atomic E-state index is 9.22. The number of rotatable bonds is 1. The van der Waals surface area contributed by atoms with Crippen molar-refractivity contribution in [2.75, 3.05) is 20.2 Å². The van der Waals surface area contributed by atoms with Gasteiger partial charge >= 0.3 is 0 Å². The average molecular weight is 182 g/mol. The third kappa shape index (κ3) is 9.50. The molecule has 66 valence electrons. The first-order chi connectivity index (χ1) is 5.06. The van der Waals surface area contributed by atoms with Crippen LogP contribution in [0.1, 0.15) is 0 Å². The molecule has 1 aliphatic heterocycles. The van der Waals surface area contributed by atoms with Crippen LogP contribution in [0.4, 0.5) is 0 Å². The summed E-state index contributed by atoms with van der Waals surface area (Å²) in [6.07, 6.45) is 1.86. The summed E-state index contributed by atoms with van der Waals surface area (Å²) in [5, 5.41) is 2.07. The molecule has 0 aromatic rings. The van der Waals surface area contributed by atoms with E-state index >= 15 is 0 Å². The predicted octanol–water partition coefficient (Wildman–Crippen LogP) is -2.32. The van der Waals surface area contributed by atoms with E-state index in [1.807, 2.05) is 6.34 Å².